The first-order chi connectivity index (χ1) is 12.0. The number of nitro groups is 1. The fraction of sp³-hybridized carbons (Fsp3) is 0.167. The maximum Gasteiger partial charge on any atom is 0.269 e. The van der Waals surface area contributed by atoms with E-state index in [0.29, 0.717) is 28.7 Å². The van der Waals surface area contributed by atoms with Gasteiger partial charge in [-0.3, -0.25) is 14.9 Å². The highest BCUT2D eigenvalue weighted by Crippen LogP contribution is 2.31. The normalized spacial score (nSPS) is 10.8. The number of nitrogens with zero attached hydrogens (tertiary/aromatic N) is 1. The minimum absolute atomic E-state index is 0.0438. The predicted molar refractivity (Wildman–Crippen MR) is 94.9 cm³/mol. The molecule has 3 rings (SSSR count). The van der Waals surface area contributed by atoms with Crippen LogP contribution >= 0.6 is 0 Å². The number of nitro benzene ring substituents is 1. The van der Waals surface area contributed by atoms with E-state index in [4.69, 9.17) is 14.9 Å². The van der Waals surface area contributed by atoms with Crippen molar-refractivity contribution in [2.75, 3.05) is 12.8 Å². The first-order valence-corrected chi connectivity index (χ1v) is 7.64. The van der Waals surface area contributed by atoms with Crippen LogP contribution in [0.4, 0.5) is 11.6 Å². The predicted octanol–water partition coefficient (Wildman–Crippen LogP) is 3.52. The molecule has 0 aliphatic rings. The van der Waals surface area contributed by atoms with E-state index >= 15 is 0 Å². The Bertz CT molecular complexity index is 1020. The van der Waals surface area contributed by atoms with Crippen LogP contribution < -0.4 is 15.9 Å². The van der Waals surface area contributed by atoms with Crippen LogP contribution in [0.1, 0.15) is 12.5 Å². The molecule has 3 aromatic rings. The quantitative estimate of drug-likeness (QED) is 0.575. The standard InChI is InChI=1S/C18H16N2O5/c1-3-10-8-13-15(9-14(10)24-2)25-18(19)16(17(13)21)11-4-6-12(7-5-11)20(22)23/h4-9H,3,19H2,1-2H3. The average molecular weight is 340 g/mol. The van der Waals surface area contributed by atoms with Crippen molar-refractivity contribution in [3.8, 4) is 16.9 Å². The van der Waals surface area contributed by atoms with E-state index in [9.17, 15) is 14.9 Å². The largest absolute Gasteiger partial charge is 0.496 e. The molecule has 2 aromatic carbocycles. The van der Waals surface area contributed by atoms with Gasteiger partial charge in [-0.25, -0.2) is 0 Å². The molecule has 0 atom stereocenters. The van der Waals surface area contributed by atoms with Crippen LogP contribution in [-0.4, -0.2) is 12.0 Å². The van der Waals surface area contributed by atoms with Gasteiger partial charge in [0.15, 0.2) is 0 Å². The molecule has 128 valence electrons. The molecule has 0 saturated heterocycles. The topological polar surface area (TPSA) is 109 Å². The molecule has 0 aliphatic heterocycles. The zero-order valence-corrected chi connectivity index (χ0v) is 13.7. The zero-order chi connectivity index (χ0) is 18.1. The molecule has 7 nitrogen and oxygen atoms in total. The number of nitrogens with two attached hydrogens (primary N) is 1. The summed E-state index contributed by atoms with van der Waals surface area (Å²) >= 11 is 0. The van der Waals surface area contributed by atoms with Gasteiger partial charge in [0.1, 0.15) is 11.3 Å². The smallest absolute Gasteiger partial charge is 0.269 e. The van der Waals surface area contributed by atoms with Crippen LogP contribution in [-0.2, 0) is 6.42 Å². The van der Waals surface area contributed by atoms with E-state index in [0.717, 1.165) is 5.56 Å². The Balaban J connectivity index is 2.25. The van der Waals surface area contributed by atoms with Gasteiger partial charge in [-0.2, -0.15) is 0 Å². The van der Waals surface area contributed by atoms with Gasteiger partial charge in [-0.1, -0.05) is 6.92 Å². The van der Waals surface area contributed by atoms with Gasteiger partial charge < -0.3 is 14.9 Å². The third-order valence-corrected chi connectivity index (χ3v) is 4.07. The molecule has 1 aromatic heterocycles. The van der Waals surface area contributed by atoms with E-state index in [-0.39, 0.29) is 22.6 Å². The molecular formula is C18H16N2O5. The fourth-order valence-corrected chi connectivity index (χ4v) is 2.77. The molecule has 25 heavy (non-hydrogen) atoms. The summed E-state index contributed by atoms with van der Waals surface area (Å²) in [4.78, 5) is 23.2. The number of hydrogen-bond donors (Lipinski definition) is 1. The Hall–Kier alpha value is -3.35. The number of benzene rings is 2. The molecule has 1 heterocycles. The summed E-state index contributed by atoms with van der Waals surface area (Å²) in [6.07, 6.45) is 0.690. The molecule has 0 saturated carbocycles. The average Bonchev–Trinajstić information content (AvgIpc) is 2.61. The van der Waals surface area contributed by atoms with Gasteiger partial charge >= 0.3 is 0 Å². The van der Waals surface area contributed by atoms with Crippen LogP contribution in [0.5, 0.6) is 5.75 Å². The van der Waals surface area contributed by atoms with Gasteiger partial charge in [0.25, 0.3) is 5.69 Å². The number of nitrogen functional groups attached to an aromatic ring is 1. The lowest BCUT2D eigenvalue weighted by Gasteiger charge is -2.10. The van der Waals surface area contributed by atoms with E-state index < -0.39 is 4.92 Å². The first-order valence-electron chi connectivity index (χ1n) is 7.64. The molecule has 2 N–H and O–H groups in total. The minimum Gasteiger partial charge on any atom is -0.496 e. The number of fused-ring (bicyclic) bond motifs is 1. The number of anilines is 1. The van der Waals surface area contributed by atoms with E-state index in [2.05, 4.69) is 0 Å². The SMILES string of the molecule is CCc1cc2c(=O)c(-c3ccc([N+](=O)[O-])cc3)c(N)oc2cc1OC. The highest BCUT2D eigenvalue weighted by Gasteiger charge is 2.17. The van der Waals surface area contributed by atoms with Gasteiger partial charge in [0, 0.05) is 18.2 Å². The third kappa shape index (κ3) is 2.80. The second-order valence-electron chi connectivity index (χ2n) is 5.49. The third-order valence-electron chi connectivity index (χ3n) is 4.07. The Labute approximate surface area is 142 Å². The van der Waals surface area contributed by atoms with Crippen LogP contribution in [0, 0.1) is 10.1 Å². The van der Waals surface area contributed by atoms with Crippen molar-refractivity contribution in [3.05, 3.63) is 62.3 Å². The second-order valence-corrected chi connectivity index (χ2v) is 5.49. The molecule has 0 spiro atoms. The van der Waals surface area contributed by atoms with Crippen molar-refractivity contribution in [1.29, 1.82) is 0 Å². The minimum atomic E-state index is -0.504. The van der Waals surface area contributed by atoms with Gasteiger partial charge in [0.2, 0.25) is 11.3 Å². The molecule has 0 aliphatic carbocycles. The Morgan fingerprint density at radius 2 is 1.92 bits per heavy atom. The number of aryl methyl sites for hydroxylation is 1. The summed E-state index contributed by atoms with van der Waals surface area (Å²) in [7, 11) is 1.55. The number of hydrogen-bond acceptors (Lipinski definition) is 6. The van der Waals surface area contributed by atoms with Gasteiger partial charge in [-0.05, 0) is 35.7 Å². The number of rotatable bonds is 4. The first kappa shape index (κ1) is 16.5. The summed E-state index contributed by atoms with van der Waals surface area (Å²) < 4.78 is 10.9. The second kappa shape index (κ2) is 6.27. The fourth-order valence-electron chi connectivity index (χ4n) is 2.77. The monoisotopic (exact) mass is 340 g/mol. The van der Waals surface area contributed by atoms with Crippen LogP contribution in [0.3, 0.4) is 0 Å². The lowest BCUT2D eigenvalue weighted by molar-refractivity contribution is -0.384. The number of methoxy groups -OCH3 is 1. The summed E-state index contributed by atoms with van der Waals surface area (Å²) in [5.41, 5.74) is 7.45. The van der Waals surface area contributed by atoms with Crippen LogP contribution in [0.15, 0.2) is 45.6 Å². The van der Waals surface area contributed by atoms with Crippen LogP contribution in [0.25, 0.3) is 22.1 Å². The van der Waals surface area contributed by atoms with Crippen molar-refractivity contribution < 1.29 is 14.1 Å². The summed E-state index contributed by atoms with van der Waals surface area (Å²) in [5, 5.41) is 11.2. The van der Waals surface area contributed by atoms with Gasteiger partial charge in [0.05, 0.1) is 23.0 Å². The lowest BCUT2D eigenvalue weighted by Crippen LogP contribution is -2.09. The molecule has 0 bridgehead atoms. The zero-order valence-electron chi connectivity index (χ0n) is 13.7. The van der Waals surface area contributed by atoms with Crippen molar-refractivity contribution in [2.24, 2.45) is 0 Å². The summed E-state index contributed by atoms with van der Waals surface area (Å²) in [5.74, 6) is 0.582. The lowest BCUT2D eigenvalue weighted by atomic mass is 10.0. The van der Waals surface area contributed by atoms with Crippen LogP contribution in [0.2, 0.25) is 0 Å². The summed E-state index contributed by atoms with van der Waals surface area (Å²) in [6.45, 7) is 1.96. The highest BCUT2D eigenvalue weighted by molar-refractivity contribution is 5.87. The molecule has 0 fully saturated rings. The van der Waals surface area contributed by atoms with Crippen molar-refractivity contribution in [2.45, 2.75) is 13.3 Å². The Morgan fingerprint density at radius 1 is 1.24 bits per heavy atom. The van der Waals surface area contributed by atoms with Crippen molar-refractivity contribution in [1.82, 2.24) is 0 Å². The molecule has 0 amide bonds. The molecular weight excluding hydrogens is 324 g/mol. The Morgan fingerprint density at radius 3 is 2.48 bits per heavy atom. The Kier molecular flexibility index (Phi) is 4.14. The van der Waals surface area contributed by atoms with E-state index in [1.807, 2.05) is 6.92 Å². The maximum absolute atomic E-state index is 12.9. The highest BCUT2D eigenvalue weighted by atomic mass is 16.6. The maximum atomic E-state index is 12.9. The number of ether oxygens (including phenoxy) is 1. The molecule has 7 heteroatoms. The number of non-ortho nitro benzene ring substituents is 1. The van der Waals surface area contributed by atoms with Crippen molar-refractivity contribution in [3.63, 3.8) is 0 Å². The molecule has 0 unspecified atom stereocenters. The van der Waals surface area contributed by atoms with E-state index in [1.165, 1.54) is 24.3 Å². The molecule has 0 radical (unpaired) electrons. The van der Waals surface area contributed by atoms with Crippen molar-refractivity contribution >= 4 is 22.5 Å². The van der Waals surface area contributed by atoms with E-state index in [1.54, 1.807) is 19.2 Å². The van der Waals surface area contributed by atoms with Gasteiger partial charge in [-0.15, -0.1) is 0 Å². The summed E-state index contributed by atoms with van der Waals surface area (Å²) in [6, 6.07) is 8.99.